The van der Waals surface area contributed by atoms with Crippen molar-refractivity contribution < 1.29 is 4.79 Å². The molecule has 0 atom stereocenters. The molecule has 2 rings (SSSR count). The van der Waals surface area contributed by atoms with E-state index in [-0.39, 0.29) is 10.8 Å². The number of nitrogens with zero attached hydrogens (tertiary/aromatic N) is 1. The van der Waals surface area contributed by atoms with E-state index in [2.05, 4.69) is 18.8 Å². The number of fused-ring (bicyclic) bond motifs is 1. The third-order valence-electron chi connectivity index (χ3n) is 3.07. The van der Waals surface area contributed by atoms with Gasteiger partial charge in [-0.3, -0.25) is 4.79 Å². The van der Waals surface area contributed by atoms with Crippen LogP contribution in [0.2, 0.25) is 0 Å². The lowest BCUT2D eigenvalue weighted by Gasteiger charge is -2.36. The van der Waals surface area contributed by atoms with E-state index in [1.54, 1.807) is 11.3 Å². The largest absolute Gasteiger partial charge is 0.299 e. The molecule has 0 saturated carbocycles. The highest BCUT2D eigenvalue weighted by molar-refractivity contribution is 7.10. The van der Waals surface area contributed by atoms with Crippen LogP contribution in [0.4, 0.5) is 0 Å². The van der Waals surface area contributed by atoms with Crippen molar-refractivity contribution in [2.75, 3.05) is 0 Å². The van der Waals surface area contributed by atoms with Crippen LogP contribution in [-0.2, 0) is 15.6 Å². The molecule has 0 saturated heterocycles. The summed E-state index contributed by atoms with van der Waals surface area (Å²) in [6.07, 6.45) is 0.634. The molecule has 0 aliphatic heterocycles. The first-order valence-electron chi connectivity index (χ1n) is 4.83. The molecular weight excluding hydrogens is 194 g/mol. The molecule has 0 aromatic carbocycles. The maximum Gasteiger partial charge on any atom is 0.145 e. The summed E-state index contributed by atoms with van der Waals surface area (Å²) in [5, 5.41) is 0. The van der Waals surface area contributed by atoms with Crippen LogP contribution in [0.5, 0.6) is 0 Å². The molecule has 76 valence electrons. The van der Waals surface area contributed by atoms with Gasteiger partial charge < -0.3 is 0 Å². The highest BCUT2D eigenvalue weighted by atomic mass is 32.1. The van der Waals surface area contributed by atoms with Crippen LogP contribution in [0.25, 0.3) is 0 Å². The first kappa shape index (κ1) is 9.84. The van der Waals surface area contributed by atoms with Gasteiger partial charge in [-0.15, -0.1) is 11.3 Å². The van der Waals surface area contributed by atoms with Gasteiger partial charge in [0.25, 0.3) is 0 Å². The van der Waals surface area contributed by atoms with Gasteiger partial charge in [0.1, 0.15) is 5.78 Å². The van der Waals surface area contributed by atoms with Crippen molar-refractivity contribution in [3.05, 3.63) is 16.1 Å². The van der Waals surface area contributed by atoms with Crippen LogP contribution < -0.4 is 0 Å². The minimum absolute atomic E-state index is 0.0247. The van der Waals surface area contributed by atoms with Gasteiger partial charge in [0.15, 0.2) is 0 Å². The average Bonchev–Trinajstić information content (AvgIpc) is 2.49. The van der Waals surface area contributed by atoms with Gasteiger partial charge in [0.2, 0.25) is 0 Å². The summed E-state index contributed by atoms with van der Waals surface area (Å²) in [7, 11) is 0. The number of Topliss-reactive ketones (excluding diaryl/α,β-unsaturated/α-hetero) is 1. The van der Waals surface area contributed by atoms with Crippen LogP contribution in [0.15, 0.2) is 5.51 Å². The summed E-state index contributed by atoms with van der Waals surface area (Å²) in [5.41, 5.74) is 2.43. The van der Waals surface area contributed by atoms with Crippen LogP contribution in [0, 0.1) is 0 Å². The fourth-order valence-corrected chi connectivity index (χ4v) is 3.08. The molecule has 14 heavy (non-hydrogen) atoms. The Morgan fingerprint density at radius 2 is 2.00 bits per heavy atom. The molecular formula is C11H15NOS. The second-order valence-electron chi connectivity index (χ2n) is 5.14. The zero-order valence-corrected chi connectivity index (χ0v) is 9.86. The minimum Gasteiger partial charge on any atom is -0.299 e. The molecule has 0 spiro atoms. The van der Waals surface area contributed by atoms with Gasteiger partial charge in [-0.1, -0.05) is 13.8 Å². The van der Waals surface area contributed by atoms with Gasteiger partial charge in [0, 0.05) is 16.7 Å². The summed E-state index contributed by atoms with van der Waals surface area (Å²) in [4.78, 5) is 17.6. The number of carbonyl (C=O) groups excluding carboxylic acids is 1. The molecule has 0 radical (unpaired) electrons. The molecule has 3 heteroatoms. The molecule has 1 aromatic heterocycles. The Morgan fingerprint density at radius 3 is 2.64 bits per heavy atom. The number of carbonyl (C=O) groups is 1. The van der Waals surface area contributed by atoms with E-state index in [1.807, 2.05) is 19.4 Å². The Bertz CT molecular complexity index is 390. The SMILES string of the molecule is CC1(C)CC(=O)C(C)(C)c2ncsc21. The first-order chi connectivity index (χ1) is 6.36. The Kier molecular flexibility index (Phi) is 1.87. The van der Waals surface area contributed by atoms with Gasteiger partial charge >= 0.3 is 0 Å². The zero-order valence-electron chi connectivity index (χ0n) is 9.05. The topological polar surface area (TPSA) is 30.0 Å². The fourth-order valence-electron chi connectivity index (χ4n) is 2.01. The lowest BCUT2D eigenvalue weighted by molar-refractivity contribution is -0.125. The highest BCUT2D eigenvalue weighted by Crippen LogP contribution is 2.44. The number of thiazole rings is 1. The van der Waals surface area contributed by atoms with Gasteiger partial charge in [-0.05, 0) is 13.8 Å². The van der Waals surface area contributed by atoms with Crippen molar-refractivity contribution in [1.29, 1.82) is 0 Å². The van der Waals surface area contributed by atoms with Gasteiger partial charge in [-0.2, -0.15) is 0 Å². The number of hydrogen-bond acceptors (Lipinski definition) is 3. The maximum atomic E-state index is 12.0. The lowest BCUT2D eigenvalue weighted by atomic mass is 9.68. The van der Waals surface area contributed by atoms with Crippen molar-refractivity contribution in [3.63, 3.8) is 0 Å². The van der Waals surface area contributed by atoms with E-state index in [0.717, 1.165) is 5.69 Å². The van der Waals surface area contributed by atoms with E-state index >= 15 is 0 Å². The minimum atomic E-state index is -0.384. The van der Waals surface area contributed by atoms with E-state index < -0.39 is 0 Å². The second-order valence-corrected chi connectivity index (χ2v) is 5.99. The molecule has 0 unspecified atom stereocenters. The van der Waals surface area contributed by atoms with Crippen molar-refractivity contribution in [2.24, 2.45) is 0 Å². The average molecular weight is 209 g/mol. The lowest BCUT2D eigenvalue weighted by Crippen LogP contribution is -2.41. The van der Waals surface area contributed by atoms with Gasteiger partial charge in [-0.25, -0.2) is 4.98 Å². The van der Waals surface area contributed by atoms with Crippen LogP contribution >= 0.6 is 11.3 Å². The summed E-state index contributed by atoms with van der Waals surface area (Å²) in [5.74, 6) is 0.306. The van der Waals surface area contributed by atoms with E-state index in [4.69, 9.17) is 0 Å². The standard InChI is InChI=1S/C11H15NOS/c1-10(2)5-7(13)11(3,4)8-9(10)14-6-12-8/h6H,5H2,1-4H3. The quantitative estimate of drug-likeness (QED) is 0.657. The normalized spacial score (nSPS) is 23.3. The Morgan fingerprint density at radius 1 is 1.36 bits per heavy atom. The molecule has 1 aliphatic carbocycles. The number of hydrogen-bond donors (Lipinski definition) is 0. The third-order valence-corrected chi connectivity index (χ3v) is 4.27. The van der Waals surface area contributed by atoms with Crippen molar-refractivity contribution in [2.45, 2.75) is 44.9 Å². The number of aromatic nitrogens is 1. The smallest absolute Gasteiger partial charge is 0.145 e. The molecule has 2 nitrogen and oxygen atoms in total. The first-order valence-corrected chi connectivity index (χ1v) is 5.71. The summed E-state index contributed by atoms with van der Waals surface area (Å²) < 4.78 is 0. The van der Waals surface area contributed by atoms with Gasteiger partial charge in [0.05, 0.1) is 16.6 Å². The molecule has 1 aliphatic rings. The van der Waals surface area contributed by atoms with E-state index in [9.17, 15) is 4.79 Å². The number of ketones is 1. The predicted molar refractivity (Wildman–Crippen MR) is 57.8 cm³/mol. The molecule has 0 N–H and O–H groups in total. The van der Waals surface area contributed by atoms with Crippen LogP contribution in [-0.4, -0.2) is 10.8 Å². The van der Waals surface area contributed by atoms with Crippen molar-refractivity contribution >= 4 is 17.1 Å². The summed E-state index contributed by atoms with van der Waals surface area (Å²) >= 11 is 1.67. The summed E-state index contributed by atoms with van der Waals surface area (Å²) in [6.45, 7) is 8.20. The Labute approximate surface area is 88.4 Å². The van der Waals surface area contributed by atoms with Crippen molar-refractivity contribution in [1.82, 2.24) is 4.98 Å². The van der Waals surface area contributed by atoms with E-state index in [0.29, 0.717) is 12.2 Å². The highest BCUT2D eigenvalue weighted by Gasteiger charge is 2.45. The zero-order chi connectivity index (χ0) is 10.6. The number of rotatable bonds is 0. The summed E-state index contributed by atoms with van der Waals surface area (Å²) in [6, 6.07) is 0. The predicted octanol–water partition coefficient (Wildman–Crippen LogP) is 2.67. The molecule has 1 heterocycles. The second kappa shape index (κ2) is 2.66. The van der Waals surface area contributed by atoms with Crippen molar-refractivity contribution in [3.8, 4) is 0 Å². The Hall–Kier alpha value is -0.700. The molecule has 1 aromatic rings. The van der Waals surface area contributed by atoms with E-state index in [1.165, 1.54) is 4.88 Å². The molecule has 0 amide bonds. The maximum absolute atomic E-state index is 12.0. The van der Waals surface area contributed by atoms with Crippen LogP contribution in [0.3, 0.4) is 0 Å². The third kappa shape index (κ3) is 1.15. The molecule has 0 fully saturated rings. The fraction of sp³-hybridized carbons (Fsp3) is 0.636. The van der Waals surface area contributed by atoms with Crippen LogP contribution in [0.1, 0.15) is 44.7 Å². The monoisotopic (exact) mass is 209 g/mol. The molecule has 0 bridgehead atoms. The Balaban J connectivity index is 2.65.